The van der Waals surface area contributed by atoms with Crippen molar-refractivity contribution in [3.8, 4) is 0 Å². The summed E-state index contributed by atoms with van der Waals surface area (Å²) in [6, 6.07) is 0. The van der Waals surface area contributed by atoms with E-state index in [0.29, 0.717) is 5.57 Å². The first-order valence-corrected chi connectivity index (χ1v) is 4.87. The Kier molecular flexibility index (Phi) is 5.46. The minimum atomic E-state index is -0.392. The maximum Gasteiger partial charge on any atom is 0.333 e. The van der Waals surface area contributed by atoms with Crippen LogP contribution in [0.25, 0.3) is 0 Å². The molecule has 82 valence electrons. The van der Waals surface area contributed by atoms with E-state index in [1.54, 1.807) is 13.8 Å². The number of hydrogen-bond acceptors (Lipinski definition) is 3. The summed E-state index contributed by atoms with van der Waals surface area (Å²) >= 11 is 0. The Morgan fingerprint density at radius 1 is 1.43 bits per heavy atom. The van der Waals surface area contributed by atoms with Crippen LogP contribution in [0.4, 0.5) is 0 Å². The fourth-order valence-corrected chi connectivity index (χ4v) is 1.26. The lowest BCUT2D eigenvalue weighted by molar-refractivity contribution is -0.147. The van der Waals surface area contributed by atoms with Gasteiger partial charge in [0.05, 0.1) is 0 Å². The van der Waals surface area contributed by atoms with E-state index in [1.165, 1.54) is 0 Å². The van der Waals surface area contributed by atoms with Crippen LogP contribution in [0, 0.1) is 11.8 Å². The molecule has 0 saturated heterocycles. The zero-order valence-electron chi connectivity index (χ0n) is 9.41. The Balaban J connectivity index is 4.24. The Bertz CT molecular complexity index is 209. The SMILES string of the molecule is C=C(C)C(=O)OC(C)C(CO)C(C)C. The fourth-order valence-electron chi connectivity index (χ4n) is 1.26. The van der Waals surface area contributed by atoms with Gasteiger partial charge in [0.15, 0.2) is 0 Å². The highest BCUT2D eigenvalue weighted by molar-refractivity contribution is 5.87. The maximum atomic E-state index is 11.2. The highest BCUT2D eigenvalue weighted by Gasteiger charge is 2.23. The van der Waals surface area contributed by atoms with Crippen molar-refractivity contribution in [3.05, 3.63) is 12.2 Å². The van der Waals surface area contributed by atoms with E-state index in [9.17, 15) is 4.79 Å². The van der Waals surface area contributed by atoms with Gasteiger partial charge < -0.3 is 9.84 Å². The second-order valence-corrected chi connectivity index (χ2v) is 3.98. The Morgan fingerprint density at radius 2 is 1.93 bits per heavy atom. The van der Waals surface area contributed by atoms with Gasteiger partial charge in [0, 0.05) is 18.1 Å². The number of hydrogen-bond donors (Lipinski definition) is 1. The molecule has 0 aliphatic rings. The average Bonchev–Trinajstić information content (AvgIpc) is 2.04. The molecular formula is C11H20O3. The van der Waals surface area contributed by atoms with Crippen LogP contribution in [0.15, 0.2) is 12.2 Å². The second kappa shape index (κ2) is 5.81. The van der Waals surface area contributed by atoms with Crippen LogP contribution in [0.1, 0.15) is 27.7 Å². The Hall–Kier alpha value is -0.830. The molecule has 14 heavy (non-hydrogen) atoms. The minimum absolute atomic E-state index is 0.0155. The molecule has 0 aliphatic heterocycles. The van der Waals surface area contributed by atoms with Gasteiger partial charge >= 0.3 is 5.97 Å². The molecule has 0 fully saturated rings. The lowest BCUT2D eigenvalue weighted by Crippen LogP contribution is -2.30. The second-order valence-electron chi connectivity index (χ2n) is 3.98. The van der Waals surface area contributed by atoms with E-state index in [-0.39, 0.29) is 24.5 Å². The molecule has 0 aromatic carbocycles. The predicted molar refractivity (Wildman–Crippen MR) is 55.8 cm³/mol. The van der Waals surface area contributed by atoms with Crippen LogP contribution >= 0.6 is 0 Å². The van der Waals surface area contributed by atoms with Crippen molar-refractivity contribution in [1.29, 1.82) is 0 Å². The molecule has 0 heterocycles. The summed E-state index contributed by atoms with van der Waals surface area (Å²) in [5.74, 6) is -0.122. The summed E-state index contributed by atoms with van der Waals surface area (Å²) in [4.78, 5) is 11.2. The van der Waals surface area contributed by atoms with Crippen molar-refractivity contribution in [3.63, 3.8) is 0 Å². The first-order chi connectivity index (χ1) is 6.40. The van der Waals surface area contributed by atoms with Crippen molar-refractivity contribution in [2.24, 2.45) is 11.8 Å². The summed E-state index contributed by atoms with van der Waals surface area (Å²) in [6.45, 7) is 10.9. The Labute approximate surface area is 85.8 Å². The van der Waals surface area contributed by atoms with Gasteiger partial charge in [-0.05, 0) is 19.8 Å². The van der Waals surface area contributed by atoms with Gasteiger partial charge in [0.25, 0.3) is 0 Å². The third kappa shape index (κ3) is 3.92. The molecule has 0 aliphatic carbocycles. The van der Waals surface area contributed by atoms with Crippen molar-refractivity contribution >= 4 is 5.97 Å². The van der Waals surface area contributed by atoms with Crippen molar-refractivity contribution < 1.29 is 14.6 Å². The van der Waals surface area contributed by atoms with Crippen LogP contribution in [0.2, 0.25) is 0 Å². The van der Waals surface area contributed by atoms with Gasteiger partial charge in [-0.1, -0.05) is 20.4 Å². The molecule has 0 saturated carbocycles. The summed E-state index contributed by atoms with van der Waals surface area (Å²) in [6.07, 6.45) is -0.274. The number of rotatable bonds is 5. The molecule has 0 rings (SSSR count). The summed E-state index contributed by atoms with van der Waals surface area (Å²) < 4.78 is 5.13. The normalized spacial score (nSPS) is 15.0. The smallest absolute Gasteiger partial charge is 0.333 e. The summed E-state index contributed by atoms with van der Waals surface area (Å²) in [7, 11) is 0. The number of carbonyl (C=O) groups is 1. The molecule has 0 aromatic heterocycles. The first kappa shape index (κ1) is 13.2. The van der Waals surface area contributed by atoms with Gasteiger partial charge in [-0.15, -0.1) is 0 Å². The molecule has 0 aromatic rings. The maximum absolute atomic E-state index is 11.2. The highest BCUT2D eigenvalue weighted by atomic mass is 16.5. The molecule has 3 heteroatoms. The highest BCUT2D eigenvalue weighted by Crippen LogP contribution is 2.18. The van der Waals surface area contributed by atoms with E-state index in [0.717, 1.165) is 0 Å². The number of ether oxygens (including phenoxy) is 1. The molecule has 0 spiro atoms. The van der Waals surface area contributed by atoms with E-state index >= 15 is 0 Å². The third-order valence-corrected chi connectivity index (χ3v) is 2.31. The van der Waals surface area contributed by atoms with Crippen LogP contribution in [-0.4, -0.2) is 23.8 Å². The van der Waals surface area contributed by atoms with E-state index in [1.807, 2.05) is 13.8 Å². The standard InChI is InChI=1S/C11H20O3/c1-7(2)10(6-12)9(5)14-11(13)8(3)4/h7,9-10,12H,3,6H2,1-2,4-5H3. The van der Waals surface area contributed by atoms with Crippen LogP contribution in [-0.2, 0) is 9.53 Å². The van der Waals surface area contributed by atoms with Gasteiger partial charge in [-0.25, -0.2) is 4.79 Å². The summed E-state index contributed by atoms with van der Waals surface area (Å²) in [5, 5.41) is 9.10. The molecule has 3 nitrogen and oxygen atoms in total. The van der Waals surface area contributed by atoms with Crippen LogP contribution in [0.5, 0.6) is 0 Å². The number of aliphatic hydroxyl groups is 1. The molecule has 2 unspecified atom stereocenters. The van der Waals surface area contributed by atoms with E-state index in [4.69, 9.17) is 9.84 Å². The fraction of sp³-hybridized carbons (Fsp3) is 0.727. The monoisotopic (exact) mass is 200 g/mol. The summed E-state index contributed by atoms with van der Waals surface area (Å²) in [5.41, 5.74) is 0.386. The van der Waals surface area contributed by atoms with E-state index < -0.39 is 5.97 Å². The molecule has 0 amide bonds. The van der Waals surface area contributed by atoms with Gasteiger partial charge in [0.2, 0.25) is 0 Å². The van der Waals surface area contributed by atoms with Crippen LogP contribution in [0.3, 0.4) is 0 Å². The van der Waals surface area contributed by atoms with E-state index in [2.05, 4.69) is 6.58 Å². The minimum Gasteiger partial charge on any atom is -0.459 e. The molecule has 1 N–H and O–H groups in total. The quantitative estimate of drug-likeness (QED) is 0.543. The van der Waals surface area contributed by atoms with Crippen molar-refractivity contribution in [1.82, 2.24) is 0 Å². The Morgan fingerprint density at radius 3 is 2.21 bits per heavy atom. The predicted octanol–water partition coefficient (Wildman–Crippen LogP) is 1.76. The van der Waals surface area contributed by atoms with Gasteiger partial charge in [-0.2, -0.15) is 0 Å². The average molecular weight is 200 g/mol. The number of carbonyl (C=O) groups excluding carboxylic acids is 1. The largest absolute Gasteiger partial charge is 0.459 e. The molecular weight excluding hydrogens is 180 g/mol. The molecule has 0 bridgehead atoms. The number of aliphatic hydroxyl groups excluding tert-OH is 1. The molecule has 2 atom stereocenters. The lowest BCUT2D eigenvalue weighted by atomic mass is 9.92. The zero-order valence-corrected chi connectivity index (χ0v) is 9.41. The first-order valence-electron chi connectivity index (χ1n) is 4.87. The topological polar surface area (TPSA) is 46.5 Å². The molecule has 0 radical (unpaired) electrons. The number of esters is 1. The third-order valence-electron chi connectivity index (χ3n) is 2.31. The van der Waals surface area contributed by atoms with Crippen LogP contribution < -0.4 is 0 Å². The van der Waals surface area contributed by atoms with Crippen molar-refractivity contribution in [2.75, 3.05) is 6.61 Å². The zero-order chi connectivity index (χ0) is 11.3. The van der Waals surface area contributed by atoms with Gasteiger partial charge in [0.1, 0.15) is 6.10 Å². The van der Waals surface area contributed by atoms with Crippen molar-refractivity contribution in [2.45, 2.75) is 33.8 Å². The lowest BCUT2D eigenvalue weighted by Gasteiger charge is -2.25. The van der Waals surface area contributed by atoms with Gasteiger partial charge in [-0.3, -0.25) is 0 Å².